The van der Waals surface area contributed by atoms with E-state index in [1.165, 1.54) is 0 Å². The highest BCUT2D eigenvalue weighted by Gasteiger charge is 2.52. The number of fused-ring (bicyclic) bond motifs is 6. The molecular formula is C36H43BN4O7. The maximum atomic E-state index is 13.8. The third kappa shape index (κ3) is 5.49. The molecule has 12 heteroatoms. The average molecular weight is 655 g/mol. The normalized spacial score (nSPS) is 21.8. The van der Waals surface area contributed by atoms with Crippen LogP contribution in [0.3, 0.4) is 0 Å². The Morgan fingerprint density at radius 1 is 1.08 bits per heavy atom. The van der Waals surface area contributed by atoms with Crippen LogP contribution in [0.25, 0.3) is 32.9 Å². The smallest absolute Gasteiger partial charge is 0.488 e. The van der Waals surface area contributed by atoms with Crippen molar-refractivity contribution in [3.8, 4) is 16.9 Å². The number of nitrogens with two attached hydrogens (primary N) is 1. The number of imidazole rings is 1. The summed E-state index contributed by atoms with van der Waals surface area (Å²) in [4.78, 5) is 35.6. The van der Waals surface area contributed by atoms with Crippen molar-refractivity contribution in [2.75, 3.05) is 13.2 Å². The molecule has 7 rings (SSSR count). The van der Waals surface area contributed by atoms with Crippen LogP contribution in [0.4, 0.5) is 4.79 Å². The van der Waals surface area contributed by atoms with Gasteiger partial charge in [0.25, 0.3) is 5.91 Å². The van der Waals surface area contributed by atoms with Gasteiger partial charge in [-0.3, -0.25) is 4.79 Å². The Kier molecular flexibility index (Phi) is 7.96. The van der Waals surface area contributed by atoms with E-state index < -0.39 is 36.6 Å². The Labute approximate surface area is 280 Å². The summed E-state index contributed by atoms with van der Waals surface area (Å²) >= 11 is 0. The number of carbonyl (C=O) groups excluding carboxylic acids is 2. The molecule has 0 bridgehead atoms. The molecule has 2 fully saturated rings. The van der Waals surface area contributed by atoms with E-state index in [-0.39, 0.29) is 17.9 Å². The van der Waals surface area contributed by atoms with Gasteiger partial charge < -0.3 is 39.1 Å². The molecule has 2 amide bonds. The van der Waals surface area contributed by atoms with E-state index >= 15 is 0 Å². The number of nitrogens with one attached hydrogen (secondary N) is 1. The maximum absolute atomic E-state index is 13.8. The van der Waals surface area contributed by atoms with E-state index in [0.29, 0.717) is 32.0 Å². The van der Waals surface area contributed by atoms with Gasteiger partial charge in [0, 0.05) is 30.5 Å². The minimum absolute atomic E-state index is 0.180. The molecule has 3 N–H and O–H groups in total. The summed E-state index contributed by atoms with van der Waals surface area (Å²) in [6.45, 7) is 15.1. The molecule has 4 aromatic rings. The van der Waals surface area contributed by atoms with Crippen LogP contribution < -0.4 is 15.9 Å². The fourth-order valence-electron chi connectivity index (χ4n) is 7.03. The lowest BCUT2D eigenvalue weighted by Gasteiger charge is -2.32. The van der Waals surface area contributed by atoms with Crippen molar-refractivity contribution in [1.29, 1.82) is 0 Å². The highest BCUT2D eigenvalue weighted by Crippen LogP contribution is 2.43. The number of carbonyl (C=O) groups is 2. The predicted octanol–water partition coefficient (Wildman–Crippen LogP) is 5.37. The summed E-state index contributed by atoms with van der Waals surface area (Å²) in [6.07, 6.45) is -1.61. The number of amides is 2. The zero-order chi connectivity index (χ0) is 34.1. The summed E-state index contributed by atoms with van der Waals surface area (Å²) < 4.78 is 30.1. The van der Waals surface area contributed by atoms with Crippen molar-refractivity contribution >= 4 is 46.4 Å². The molecule has 0 aliphatic carbocycles. The first kappa shape index (κ1) is 32.4. The number of likely N-dealkylation sites (tertiary alicyclic amines) is 1. The van der Waals surface area contributed by atoms with Gasteiger partial charge in [-0.2, -0.15) is 0 Å². The number of nitrogens with zero attached hydrogens (tertiary/aromatic N) is 2. The van der Waals surface area contributed by atoms with Crippen LogP contribution in [0.2, 0.25) is 0 Å². The summed E-state index contributed by atoms with van der Waals surface area (Å²) in [7, 11) is -0.442. The molecule has 3 aromatic carbocycles. The molecular weight excluding hydrogens is 611 g/mol. The lowest BCUT2D eigenvalue weighted by molar-refractivity contribution is -0.144. The highest BCUT2D eigenvalue weighted by molar-refractivity contribution is 6.62. The molecule has 0 spiro atoms. The summed E-state index contributed by atoms with van der Waals surface area (Å²) in [6, 6.07) is 14.2. The second kappa shape index (κ2) is 11.8. The highest BCUT2D eigenvalue weighted by atomic mass is 16.7. The molecule has 3 aliphatic heterocycles. The lowest BCUT2D eigenvalue weighted by atomic mass is 9.77. The first-order chi connectivity index (χ1) is 22.8. The summed E-state index contributed by atoms with van der Waals surface area (Å²) in [5, 5.41) is 1.97. The van der Waals surface area contributed by atoms with E-state index in [1.54, 1.807) is 4.90 Å². The van der Waals surface area contributed by atoms with E-state index in [1.807, 2.05) is 26.8 Å². The molecule has 4 heterocycles. The quantitative estimate of drug-likeness (QED) is 0.254. The zero-order valence-electron chi connectivity index (χ0n) is 28.6. The minimum Gasteiger partial charge on any atom is -0.488 e. The van der Waals surface area contributed by atoms with Gasteiger partial charge in [0.2, 0.25) is 0 Å². The van der Waals surface area contributed by atoms with Gasteiger partial charge in [0.05, 0.1) is 34.4 Å². The third-order valence-corrected chi connectivity index (χ3v) is 10.3. The molecule has 252 valence electrons. The Balaban J connectivity index is 1.22. The van der Waals surface area contributed by atoms with Gasteiger partial charge in [-0.25, -0.2) is 9.78 Å². The van der Waals surface area contributed by atoms with Crippen LogP contribution in [0, 0.1) is 5.92 Å². The zero-order valence-corrected chi connectivity index (χ0v) is 28.6. The van der Waals surface area contributed by atoms with Gasteiger partial charge >= 0.3 is 13.2 Å². The summed E-state index contributed by atoms with van der Waals surface area (Å²) in [5.74, 6) is 0.855. The molecule has 3 aliphatic rings. The Bertz CT molecular complexity index is 1910. The molecule has 2 saturated heterocycles. The number of rotatable bonds is 7. The molecule has 0 saturated carbocycles. The second-order valence-electron chi connectivity index (χ2n) is 14.4. The minimum atomic E-state index is -1.00. The number of primary amides is 1. The first-order valence-electron chi connectivity index (χ1n) is 16.7. The fraction of sp³-hybridized carbons (Fsp3) is 0.472. The Morgan fingerprint density at radius 3 is 2.52 bits per heavy atom. The van der Waals surface area contributed by atoms with Crippen molar-refractivity contribution in [1.82, 2.24) is 14.9 Å². The summed E-state index contributed by atoms with van der Waals surface area (Å²) in [5.41, 5.74) is 10.3. The van der Waals surface area contributed by atoms with Gasteiger partial charge in [-0.05, 0) is 80.7 Å². The first-order valence-corrected chi connectivity index (χ1v) is 16.7. The van der Waals surface area contributed by atoms with Crippen LogP contribution in [0.15, 0.2) is 42.5 Å². The maximum Gasteiger partial charge on any atom is 0.494 e. The van der Waals surface area contributed by atoms with E-state index in [4.69, 9.17) is 34.2 Å². The SMILES string of the molecule is CCO[C@H]1C[C@@H](c2nc3c(ccc4cc5c(cc43)OCc3cc(B4OC(C)(C)C(C)(C)O4)ccc3-5)[nH]2)N(C(=O)[C@@H](OC(N)=O)C(C)C)C1. The number of ether oxygens (including phenoxy) is 3. The van der Waals surface area contributed by atoms with Crippen LogP contribution in [0.1, 0.15) is 72.3 Å². The Morgan fingerprint density at radius 2 is 1.83 bits per heavy atom. The van der Waals surface area contributed by atoms with Gasteiger partial charge in [-0.15, -0.1) is 0 Å². The molecule has 0 unspecified atom stereocenters. The largest absolute Gasteiger partial charge is 0.494 e. The standard InChI is InChI=1S/C36H43BN4O7/c1-8-44-23-15-28(41(17-23)33(42)31(19(2)3)46-34(38)43)32-39-27-12-9-20-14-26-24-11-10-22(37-47-35(4,5)36(6,7)48-37)13-21(24)18-45-29(26)16-25(20)30(27)40-32/h9-14,16,19,23,28,31H,8,15,17-18H2,1-7H3,(H2,38,43)(H,39,40)/t23-,28-,31-/m0/s1. The number of aromatic nitrogens is 2. The topological polar surface area (TPSA) is 138 Å². The lowest BCUT2D eigenvalue weighted by Crippen LogP contribution is -2.45. The second-order valence-corrected chi connectivity index (χ2v) is 14.4. The van der Waals surface area contributed by atoms with Gasteiger partial charge in [0.1, 0.15) is 18.2 Å². The predicted molar refractivity (Wildman–Crippen MR) is 183 cm³/mol. The van der Waals surface area contributed by atoms with Crippen LogP contribution in [0.5, 0.6) is 5.75 Å². The molecule has 48 heavy (non-hydrogen) atoms. The van der Waals surface area contributed by atoms with Crippen LogP contribution in [-0.2, 0) is 30.2 Å². The molecule has 3 atom stereocenters. The van der Waals surface area contributed by atoms with Crippen molar-refractivity contribution in [3.05, 3.63) is 53.9 Å². The van der Waals surface area contributed by atoms with E-state index in [0.717, 1.165) is 49.7 Å². The monoisotopic (exact) mass is 654 g/mol. The van der Waals surface area contributed by atoms with Crippen molar-refractivity contribution < 1.29 is 33.1 Å². The van der Waals surface area contributed by atoms with E-state index in [2.05, 4.69) is 69.1 Å². The molecule has 11 nitrogen and oxygen atoms in total. The number of H-pyrrole nitrogens is 1. The van der Waals surface area contributed by atoms with Crippen molar-refractivity contribution in [3.63, 3.8) is 0 Å². The third-order valence-electron chi connectivity index (χ3n) is 10.3. The molecule has 0 radical (unpaired) electrons. The van der Waals surface area contributed by atoms with E-state index in [9.17, 15) is 9.59 Å². The number of aromatic amines is 1. The average Bonchev–Trinajstić information content (AvgIpc) is 3.71. The number of hydrogen-bond acceptors (Lipinski definition) is 8. The van der Waals surface area contributed by atoms with Gasteiger partial charge in [-0.1, -0.05) is 38.1 Å². The van der Waals surface area contributed by atoms with Crippen LogP contribution >= 0.6 is 0 Å². The van der Waals surface area contributed by atoms with Crippen LogP contribution in [-0.4, -0.2) is 70.5 Å². The number of hydrogen-bond donors (Lipinski definition) is 2. The molecule has 1 aromatic heterocycles. The Hall–Kier alpha value is -4.13. The number of benzene rings is 3. The van der Waals surface area contributed by atoms with Gasteiger partial charge in [0.15, 0.2) is 6.10 Å². The van der Waals surface area contributed by atoms with Crippen molar-refractivity contribution in [2.24, 2.45) is 11.7 Å². The fourth-order valence-corrected chi connectivity index (χ4v) is 7.03. The van der Waals surface area contributed by atoms with Crippen molar-refractivity contribution in [2.45, 2.75) is 90.9 Å².